The van der Waals surface area contributed by atoms with Gasteiger partial charge in [0.2, 0.25) is 5.91 Å². The predicted octanol–water partition coefficient (Wildman–Crippen LogP) is 4.58. The number of hydrazine groups is 1. The lowest BCUT2D eigenvalue weighted by Gasteiger charge is -2.33. The highest BCUT2D eigenvalue weighted by molar-refractivity contribution is 6.05. The summed E-state index contributed by atoms with van der Waals surface area (Å²) in [6.45, 7) is 5.73. The molecule has 3 aliphatic rings. The number of piperidine rings is 1. The second kappa shape index (κ2) is 12.8. The third kappa shape index (κ3) is 6.88. The van der Waals surface area contributed by atoms with Crippen molar-refractivity contribution in [3.8, 4) is 0 Å². The first kappa shape index (κ1) is 34.1. The van der Waals surface area contributed by atoms with Crippen LogP contribution in [0.2, 0.25) is 0 Å². The van der Waals surface area contributed by atoms with Crippen LogP contribution in [-0.2, 0) is 29.7 Å². The van der Waals surface area contributed by atoms with Crippen LogP contribution in [0.1, 0.15) is 82.4 Å². The number of nitrogens with one attached hydrogen (secondary N) is 2. The molecule has 16 heteroatoms. The summed E-state index contributed by atoms with van der Waals surface area (Å²) in [5, 5.41) is 24.0. The molecule has 4 aromatic rings. The van der Waals surface area contributed by atoms with Gasteiger partial charge in [0.1, 0.15) is 11.4 Å². The average molecular weight is 705 g/mol. The van der Waals surface area contributed by atoms with Crippen molar-refractivity contribution in [3.63, 3.8) is 0 Å². The molecule has 2 aromatic heterocycles. The van der Waals surface area contributed by atoms with Gasteiger partial charge in [-0.05, 0) is 68.1 Å². The molecule has 2 fully saturated rings. The molecule has 0 bridgehead atoms. The van der Waals surface area contributed by atoms with E-state index in [4.69, 9.17) is 5.10 Å². The zero-order valence-corrected chi connectivity index (χ0v) is 27.8. The van der Waals surface area contributed by atoms with Gasteiger partial charge in [-0.25, -0.2) is 19.8 Å². The number of aromatic nitrogens is 3. The van der Waals surface area contributed by atoms with Crippen LogP contribution in [0.5, 0.6) is 0 Å². The number of carbonyl (C=O) groups is 4. The van der Waals surface area contributed by atoms with Gasteiger partial charge in [-0.1, -0.05) is 18.2 Å². The quantitative estimate of drug-likeness (QED) is 0.253. The van der Waals surface area contributed by atoms with E-state index in [0.29, 0.717) is 28.6 Å². The van der Waals surface area contributed by atoms with Gasteiger partial charge in [-0.15, -0.1) is 0 Å². The van der Waals surface area contributed by atoms with Crippen LogP contribution >= 0.6 is 0 Å². The number of aliphatic hydroxyl groups is 1. The maximum Gasteiger partial charge on any atom is 0.433 e. The SMILES string of the molecule is CC(C)(O)c1cc2nn(C3CCN(Cc4ccc5c(c4)CN(N4CCC(=O)NC4=O)C5=O)CC3)cc2cc1NC(=O)c1cccc(C(F)(F)F)n1. The number of hydrogen-bond donors (Lipinski definition) is 3. The minimum atomic E-state index is -4.70. The number of likely N-dealkylation sites (tertiary alicyclic amines) is 1. The fourth-order valence-corrected chi connectivity index (χ4v) is 6.83. The van der Waals surface area contributed by atoms with Gasteiger partial charge in [0.25, 0.3) is 11.8 Å². The van der Waals surface area contributed by atoms with Crippen molar-refractivity contribution < 1.29 is 37.5 Å². The first-order valence-electron chi connectivity index (χ1n) is 16.5. The van der Waals surface area contributed by atoms with Gasteiger partial charge < -0.3 is 10.4 Å². The van der Waals surface area contributed by atoms with Gasteiger partial charge in [0.05, 0.1) is 30.2 Å². The van der Waals surface area contributed by atoms with E-state index in [1.807, 2.05) is 23.0 Å². The third-order valence-corrected chi connectivity index (χ3v) is 9.46. The number of nitrogens with zero attached hydrogens (tertiary/aromatic N) is 6. The maximum absolute atomic E-state index is 13.2. The Bertz CT molecular complexity index is 2070. The first-order valence-corrected chi connectivity index (χ1v) is 16.5. The monoisotopic (exact) mass is 704 g/mol. The lowest BCUT2D eigenvalue weighted by atomic mass is 9.95. The Balaban J connectivity index is 1.02. The van der Waals surface area contributed by atoms with Gasteiger partial charge in [-0.3, -0.25) is 29.3 Å². The number of pyridine rings is 1. The number of carbonyl (C=O) groups excluding carboxylic acids is 4. The zero-order valence-electron chi connectivity index (χ0n) is 27.8. The van der Waals surface area contributed by atoms with E-state index in [0.717, 1.165) is 49.2 Å². The smallest absolute Gasteiger partial charge is 0.386 e. The highest BCUT2D eigenvalue weighted by atomic mass is 19.4. The first-order chi connectivity index (χ1) is 24.1. The van der Waals surface area contributed by atoms with E-state index in [1.165, 1.54) is 16.1 Å². The Hall–Kier alpha value is -5.35. The standard InChI is InChI=1S/C35H35F3N8O5/c1-34(2,51)25-16-27-22(15-28(25)40-31(48)26-4-3-5-29(39-26)35(36,37)38)18-44(42-27)23-8-11-43(12-9-23)17-20-6-7-24-21(14-20)19-46(32(24)49)45-13-10-30(47)41-33(45)50/h3-7,14-16,18,23,51H,8-13,17,19H2,1-2H3,(H,40,48)(H,41,47,50). The van der Waals surface area contributed by atoms with Crippen molar-refractivity contribution in [1.82, 2.24) is 35.0 Å². The number of anilines is 1. The lowest BCUT2D eigenvalue weighted by Crippen LogP contribution is -2.56. The molecule has 0 unspecified atom stereocenters. The fourth-order valence-electron chi connectivity index (χ4n) is 6.83. The Morgan fingerprint density at radius 2 is 1.78 bits per heavy atom. The van der Waals surface area contributed by atoms with Crippen molar-refractivity contribution >= 4 is 40.3 Å². The summed E-state index contributed by atoms with van der Waals surface area (Å²) < 4.78 is 41.5. The number of hydrogen-bond acceptors (Lipinski definition) is 8. The summed E-state index contributed by atoms with van der Waals surface area (Å²) in [6, 6.07) is 11.6. The minimum Gasteiger partial charge on any atom is -0.386 e. The van der Waals surface area contributed by atoms with Crippen LogP contribution in [0.3, 0.4) is 0 Å². The molecule has 5 amide bonds. The normalized spacial score (nSPS) is 17.6. The van der Waals surface area contributed by atoms with Crippen LogP contribution in [-0.4, -0.2) is 78.2 Å². The second-order valence-corrected chi connectivity index (χ2v) is 13.6. The van der Waals surface area contributed by atoms with Gasteiger partial charge >= 0.3 is 12.2 Å². The van der Waals surface area contributed by atoms with Gasteiger partial charge in [0.15, 0.2) is 0 Å². The molecule has 0 atom stereocenters. The molecule has 7 rings (SSSR count). The van der Waals surface area contributed by atoms with Crippen LogP contribution < -0.4 is 10.6 Å². The molecule has 3 N–H and O–H groups in total. The molecule has 0 aliphatic carbocycles. The topological polar surface area (TPSA) is 153 Å². The van der Waals surface area contributed by atoms with Crippen LogP contribution in [0.15, 0.2) is 54.7 Å². The van der Waals surface area contributed by atoms with E-state index in [9.17, 15) is 37.5 Å². The lowest BCUT2D eigenvalue weighted by molar-refractivity contribution is -0.141. The van der Waals surface area contributed by atoms with Gasteiger partial charge in [-0.2, -0.15) is 18.3 Å². The third-order valence-electron chi connectivity index (χ3n) is 9.46. The molecular formula is C35H35F3N8O5. The Labute approximate surface area is 290 Å². The fraction of sp³-hybridized carbons (Fsp3) is 0.371. The number of rotatable bonds is 7. The largest absolute Gasteiger partial charge is 0.433 e. The van der Waals surface area contributed by atoms with Crippen LogP contribution in [0.25, 0.3) is 10.9 Å². The van der Waals surface area contributed by atoms with E-state index in [2.05, 4.69) is 20.5 Å². The molecule has 5 heterocycles. The number of halogens is 3. The summed E-state index contributed by atoms with van der Waals surface area (Å²) in [5.74, 6) is -1.48. The molecule has 13 nitrogen and oxygen atoms in total. The Kier molecular flexibility index (Phi) is 8.54. The van der Waals surface area contributed by atoms with Crippen molar-refractivity contribution in [1.29, 1.82) is 0 Å². The number of amides is 5. The Morgan fingerprint density at radius 3 is 2.49 bits per heavy atom. The minimum absolute atomic E-state index is 0.0837. The van der Waals surface area contributed by atoms with Crippen molar-refractivity contribution in [2.24, 2.45) is 0 Å². The average Bonchev–Trinajstić information content (AvgIpc) is 3.64. The molecule has 0 saturated carbocycles. The van der Waals surface area contributed by atoms with E-state index in [-0.39, 0.29) is 43.1 Å². The Morgan fingerprint density at radius 1 is 1.02 bits per heavy atom. The van der Waals surface area contributed by atoms with Crippen molar-refractivity contribution in [3.05, 3.63) is 88.4 Å². The highest BCUT2D eigenvalue weighted by Gasteiger charge is 2.37. The molecule has 266 valence electrons. The van der Waals surface area contributed by atoms with Crippen molar-refractivity contribution in [2.75, 3.05) is 25.0 Å². The number of urea groups is 1. The summed E-state index contributed by atoms with van der Waals surface area (Å²) >= 11 is 0. The summed E-state index contributed by atoms with van der Waals surface area (Å²) in [5.41, 5.74) is 0.600. The van der Waals surface area contributed by atoms with E-state index >= 15 is 0 Å². The summed E-state index contributed by atoms with van der Waals surface area (Å²) in [6.07, 6.45) is -1.10. The van der Waals surface area contributed by atoms with E-state index in [1.54, 1.807) is 32.0 Å². The maximum atomic E-state index is 13.2. The summed E-state index contributed by atoms with van der Waals surface area (Å²) in [7, 11) is 0. The number of imide groups is 1. The molecular weight excluding hydrogens is 669 g/mol. The zero-order chi connectivity index (χ0) is 36.2. The number of benzene rings is 2. The predicted molar refractivity (Wildman–Crippen MR) is 177 cm³/mol. The second-order valence-electron chi connectivity index (χ2n) is 13.6. The molecule has 2 saturated heterocycles. The molecule has 51 heavy (non-hydrogen) atoms. The van der Waals surface area contributed by atoms with E-state index < -0.39 is 35.1 Å². The molecule has 0 spiro atoms. The van der Waals surface area contributed by atoms with Crippen molar-refractivity contribution in [2.45, 2.75) is 64.0 Å². The number of fused-ring (bicyclic) bond motifs is 2. The summed E-state index contributed by atoms with van der Waals surface area (Å²) in [4.78, 5) is 55.7. The molecule has 3 aliphatic heterocycles. The molecule has 2 aromatic carbocycles. The van der Waals surface area contributed by atoms with Gasteiger partial charge in [0, 0.05) is 54.5 Å². The van der Waals surface area contributed by atoms with Crippen LogP contribution in [0, 0.1) is 0 Å². The molecule has 0 radical (unpaired) electrons. The highest BCUT2D eigenvalue weighted by Crippen LogP contribution is 2.34. The number of alkyl halides is 3. The van der Waals surface area contributed by atoms with Crippen LogP contribution in [0.4, 0.5) is 23.7 Å².